The third kappa shape index (κ3) is 2.66. The molecule has 0 spiro atoms. The number of carbonyl (C=O) groups excluding carboxylic acids is 1. The zero-order chi connectivity index (χ0) is 13.1. The van der Waals surface area contributed by atoms with Gasteiger partial charge in [-0.3, -0.25) is 0 Å². The van der Waals surface area contributed by atoms with E-state index in [1.165, 1.54) is 19.3 Å². The summed E-state index contributed by atoms with van der Waals surface area (Å²) in [5.41, 5.74) is 1.53. The van der Waals surface area contributed by atoms with Gasteiger partial charge in [0.15, 0.2) is 5.76 Å². The van der Waals surface area contributed by atoms with Crippen LogP contribution in [0.3, 0.4) is 0 Å². The standard InChI is InChI=1S/C13H21N3O2/c1-4-11-12(9(2)18-15-11)14-13(17)16(3)8-10-6-5-7-10/h10H,4-8H2,1-3H3,(H,14,17). The van der Waals surface area contributed by atoms with Crippen LogP contribution in [0.5, 0.6) is 0 Å². The summed E-state index contributed by atoms with van der Waals surface area (Å²) in [6.45, 7) is 4.64. The van der Waals surface area contributed by atoms with Crippen LogP contribution in [0.1, 0.15) is 37.6 Å². The summed E-state index contributed by atoms with van der Waals surface area (Å²) in [4.78, 5) is 13.8. The first-order chi connectivity index (χ1) is 8.61. The normalized spacial score (nSPS) is 15.3. The number of aryl methyl sites for hydroxylation is 2. The lowest BCUT2D eigenvalue weighted by atomic mass is 9.85. The second kappa shape index (κ2) is 5.42. The van der Waals surface area contributed by atoms with Crippen LogP contribution in [-0.2, 0) is 6.42 Å². The van der Waals surface area contributed by atoms with Crippen molar-refractivity contribution in [2.75, 3.05) is 18.9 Å². The number of anilines is 1. The molecule has 1 heterocycles. The Morgan fingerprint density at radius 3 is 2.83 bits per heavy atom. The fourth-order valence-corrected chi connectivity index (χ4v) is 2.17. The van der Waals surface area contributed by atoms with Crippen molar-refractivity contribution in [1.82, 2.24) is 10.1 Å². The van der Waals surface area contributed by atoms with Gasteiger partial charge in [-0.1, -0.05) is 18.5 Å². The second-order valence-corrected chi connectivity index (χ2v) is 5.02. The van der Waals surface area contributed by atoms with E-state index in [0.717, 1.165) is 24.3 Å². The van der Waals surface area contributed by atoms with Gasteiger partial charge in [-0.25, -0.2) is 4.79 Å². The van der Waals surface area contributed by atoms with Crippen molar-refractivity contribution in [1.29, 1.82) is 0 Å². The van der Waals surface area contributed by atoms with E-state index in [4.69, 9.17) is 4.52 Å². The van der Waals surface area contributed by atoms with Crippen LogP contribution in [0.25, 0.3) is 0 Å². The van der Waals surface area contributed by atoms with E-state index in [1.54, 1.807) is 4.90 Å². The molecule has 1 aromatic rings. The molecule has 2 amide bonds. The number of hydrogen-bond donors (Lipinski definition) is 1. The van der Waals surface area contributed by atoms with Crippen molar-refractivity contribution < 1.29 is 9.32 Å². The number of nitrogens with one attached hydrogen (secondary N) is 1. The van der Waals surface area contributed by atoms with Crippen LogP contribution in [0.2, 0.25) is 0 Å². The molecule has 2 rings (SSSR count). The van der Waals surface area contributed by atoms with Crippen LogP contribution in [0.15, 0.2) is 4.52 Å². The lowest BCUT2D eigenvalue weighted by Crippen LogP contribution is -2.37. The fourth-order valence-electron chi connectivity index (χ4n) is 2.17. The predicted molar refractivity (Wildman–Crippen MR) is 69.6 cm³/mol. The molecule has 0 atom stereocenters. The first-order valence-electron chi connectivity index (χ1n) is 6.59. The summed E-state index contributed by atoms with van der Waals surface area (Å²) in [6, 6.07) is -0.0806. The van der Waals surface area contributed by atoms with Gasteiger partial charge in [0.2, 0.25) is 0 Å². The van der Waals surface area contributed by atoms with E-state index in [0.29, 0.717) is 11.7 Å². The number of aromatic nitrogens is 1. The van der Waals surface area contributed by atoms with Gasteiger partial charge in [0.25, 0.3) is 0 Å². The van der Waals surface area contributed by atoms with Gasteiger partial charge in [-0.15, -0.1) is 0 Å². The van der Waals surface area contributed by atoms with Gasteiger partial charge in [-0.05, 0) is 32.1 Å². The average molecular weight is 251 g/mol. The van der Waals surface area contributed by atoms with E-state index < -0.39 is 0 Å². The Kier molecular flexibility index (Phi) is 3.89. The maximum absolute atomic E-state index is 12.1. The number of amides is 2. The summed E-state index contributed by atoms with van der Waals surface area (Å²) < 4.78 is 5.10. The number of urea groups is 1. The summed E-state index contributed by atoms with van der Waals surface area (Å²) in [5.74, 6) is 1.34. The molecule has 0 aromatic carbocycles. The summed E-state index contributed by atoms with van der Waals surface area (Å²) in [7, 11) is 1.84. The zero-order valence-corrected chi connectivity index (χ0v) is 11.3. The SMILES string of the molecule is CCc1noc(C)c1NC(=O)N(C)CC1CCC1. The molecule has 1 N–H and O–H groups in total. The van der Waals surface area contributed by atoms with Gasteiger partial charge < -0.3 is 14.7 Å². The van der Waals surface area contributed by atoms with Gasteiger partial charge in [0.05, 0.1) is 0 Å². The van der Waals surface area contributed by atoms with E-state index in [1.807, 2.05) is 20.9 Å². The highest BCUT2D eigenvalue weighted by molar-refractivity contribution is 5.90. The Morgan fingerprint density at radius 1 is 1.56 bits per heavy atom. The summed E-state index contributed by atoms with van der Waals surface area (Å²) >= 11 is 0. The first kappa shape index (κ1) is 12.9. The molecule has 0 saturated heterocycles. The Bertz CT molecular complexity index is 424. The van der Waals surface area contributed by atoms with Gasteiger partial charge in [0, 0.05) is 13.6 Å². The Hall–Kier alpha value is -1.52. The maximum Gasteiger partial charge on any atom is 0.321 e. The second-order valence-electron chi connectivity index (χ2n) is 5.02. The highest BCUT2D eigenvalue weighted by Crippen LogP contribution is 2.27. The Labute approximate surface area is 108 Å². The topological polar surface area (TPSA) is 58.4 Å². The van der Waals surface area contributed by atoms with Crippen molar-refractivity contribution in [3.05, 3.63) is 11.5 Å². The molecule has 0 aliphatic heterocycles. The summed E-state index contributed by atoms with van der Waals surface area (Å²) in [6.07, 6.45) is 4.53. The molecule has 0 bridgehead atoms. The lowest BCUT2D eigenvalue weighted by molar-refractivity contribution is 0.194. The van der Waals surface area contributed by atoms with Crippen molar-refractivity contribution >= 4 is 11.7 Å². The van der Waals surface area contributed by atoms with Crippen LogP contribution in [0, 0.1) is 12.8 Å². The number of rotatable bonds is 4. The molecule has 1 fully saturated rings. The predicted octanol–water partition coefficient (Wildman–Crippen LogP) is 2.81. The van der Waals surface area contributed by atoms with Crippen molar-refractivity contribution in [2.24, 2.45) is 5.92 Å². The molecule has 0 radical (unpaired) electrons. The van der Waals surface area contributed by atoms with Crippen LogP contribution in [0.4, 0.5) is 10.5 Å². The number of carbonyl (C=O) groups is 1. The maximum atomic E-state index is 12.1. The summed E-state index contributed by atoms with van der Waals surface area (Å²) in [5, 5.41) is 6.82. The van der Waals surface area contributed by atoms with Gasteiger partial charge in [-0.2, -0.15) is 0 Å². The molecular formula is C13H21N3O2. The van der Waals surface area contributed by atoms with E-state index in [9.17, 15) is 4.79 Å². The molecule has 1 saturated carbocycles. The molecule has 1 aliphatic rings. The molecule has 100 valence electrons. The van der Waals surface area contributed by atoms with Crippen LogP contribution >= 0.6 is 0 Å². The van der Waals surface area contributed by atoms with Crippen molar-refractivity contribution in [3.63, 3.8) is 0 Å². The highest BCUT2D eigenvalue weighted by Gasteiger charge is 2.22. The van der Waals surface area contributed by atoms with E-state index in [-0.39, 0.29) is 6.03 Å². The van der Waals surface area contributed by atoms with E-state index in [2.05, 4.69) is 10.5 Å². The minimum atomic E-state index is -0.0806. The minimum absolute atomic E-state index is 0.0806. The van der Waals surface area contributed by atoms with Crippen molar-refractivity contribution in [3.8, 4) is 0 Å². The van der Waals surface area contributed by atoms with Crippen LogP contribution < -0.4 is 5.32 Å². The quantitative estimate of drug-likeness (QED) is 0.895. The third-order valence-corrected chi connectivity index (χ3v) is 3.60. The molecule has 0 unspecified atom stereocenters. The average Bonchev–Trinajstić information content (AvgIpc) is 2.65. The zero-order valence-electron chi connectivity index (χ0n) is 11.3. The molecule has 1 aliphatic carbocycles. The molecule has 1 aromatic heterocycles. The van der Waals surface area contributed by atoms with E-state index >= 15 is 0 Å². The third-order valence-electron chi connectivity index (χ3n) is 3.60. The molecule has 18 heavy (non-hydrogen) atoms. The monoisotopic (exact) mass is 251 g/mol. The van der Waals surface area contributed by atoms with Gasteiger partial charge in [0.1, 0.15) is 11.4 Å². The smallest absolute Gasteiger partial charge is 0.321 e. The first-order valence-corrected chi connectivity index (χ1v) is 6.59. The molecular weight excluding hydrogens is 230 g/mol. The Balaban J connectivity index is 1.94. The Morgan fingerprint density at radius 2 is 2.28 bits per heavy atom. The van der Waals surface area contributed by atoms with Crippen molar-refractivity contribution in [2.45, 2.75) is 39.5 Å². The number of hydrogen-bond acceptors (Lipinski definition) is 3. The molecule has 5 heteroatoms. The molecule has 5 nitrogen and oxygen atoms in total. The highest BCUT2D eigenvalue weighted by atomic mass is 16.5. The minimum Gasteiger partial charge on any atom is -0.359 e. The number of nitrogens with zero attached hydrogens (tertiary/aromatic N) is 2. The lowest BCUT2D eigenvalue weighted by Gasteiger charge is -2.30. The van der Waals surface area contributed by atoms with Gasteiger partial charge >= 0.3 is 6.03 Å². The largest absolute Gasteiger partial charge is 0.359 e. The fraction of sp³-hybridized carbons (Fsp3) is 0.692. The van der Waals surface area contributed by atoms with Crippen LogP contribution in [-0.4, -0.2) is 29.7 Å².